The molecule has 1 rings (SSSR count). The Balaban J connectivity index is 2.45. The van der Waals surface area contributed by atoms with Crippen LogP contribution in [0.4, 0.5) is 0 Å². The van der Waals surface area contributed by atoms with E-state index in [9.17, 15) is 4.21 Å². The van der Waals surface area contributed by atoms with Crippen LogP contribution in [0.2, 0.25) is 0 Å². The maximum atomic E-state index is 11.6. The van der Waals surface area contributed by atoms with Crippen LogP contribution in [0.3, 0.4) is 0 Å². The van der Waals surface area contributed by atoms with Crippen molar-refractivity contribution < 1.29 is 4.21 Å². The molecule has 1 aromatic rings. The Morgan fingerprint density at radius 3 is 2.62 bits per heavy atom. The Morgan fingerprint density at radius 2 is 2.00 bits per heavy atom. The van der Waals surface area contributed by atoms with E-state index in [1.807, 2.05) is 36.4 Å². The first-order valence-electron chi connectivity index (χ1n) is 4.39. The number of hydrogen-bond donors (Lipinski definition) is 0. The van der Waals surface area contributed by atoms with Gasteiger partial charge in [0.2, 0.25) is 0 Å². The first-order chi connectivity index (χ1) is 6.34. The van der Waals surface area contributed by atoms with Crippen LogP contribution >= 0.6 is 0 Å². The van der Waals surface area contributed by atoms with E-state index in [0.29, 0.717) is 0 Å². The molecule has 2 heteroatoms. The Kier molecular flexibility index (Phi) is 4.47. The van der Waals surface area contributed by atoms with E-state index in [4.69, 9.17) is 0 Å². The van der Waals surface area contributed by atoms with E-state index in [-0.39, 0.29) is 0 Å². The zero-order valence-corrected chi connectivity index (χ0v) is 8.43. The lowest BCUT2D eigenvalue weighted by Gasteiger charge is -1.99. The number of unbranched alkanes of at least 4 members (excludes halogenated alkanes) is 1. The van der Waals surface area contributed by atoms with Crippen LogP contribution in [0, 0.1) is 0 Å². The summed E-state index contributed by atoms with van der Waals surface area (Å²) in [4.78, 5) is 0.923. The van der Waals surface area contributed by atoms with Gasteiger partial charge in [-0.25, -0.2) is 0 Å². The van der Waals surface area contributed by atoms with Gasteiger partial charge < -0.3 is 0 Å². The average Bonchev–Trinajstić information content (AvgIpc) is 2.19. The molecule has 0 spiro atoms. The van der Waals surface area contributed by atoms with Gasteiger partial charge in [-0.3, -0.25) is 4.21 Å². The summed E-state index contributed by atoms with van der Waals surface area (Å²) < 4.78 is 11.6. The molecular weight excluding hydrogens is 180 g/mol. The van der Waals surface area contributed by atoms with E-state index in [2.05, 4.69) is 6.58 Å². The molecule has 0 unspecified atom stereocenters. The molecular formula is C11H14OS. The molecule has 0 amide bonds. The molecule has 1 aromatic carbocycles. The molecule has 0 aliphatic rings. The Bertz CT molecular complexity index is 279. The van der Waals surface area contributed by atoms with Crippen LogP contribution in [-0.4, -0.2) is 9.96 Å². The SMILES string of the molecule is C=CCCC[S@@](=O)c1ccccc1. The number of allylic oxidation sites excluding steroid dienone is 1. The summed E-state index contributed by atoms with van der Waals surface area (Å²) in [6, 6.07) is 9.58. The van der Waals surface area contributed by atoms with E-state index < -0.39 is 10.8 Å². The largest absolute Gasteiger partial charge is 0.254 e. The van der Waals surface area contributed by atoms with Gasteiger partial charge >= 0.3 is 0 Å². The molecule has 0 saturated heterocycles. The molecule has 13 heavy (non-hydrogen) atoms. The van der Waals surface area contributed by atoms with Crippen molar-refractivity contribution in [3.8, 4) is 0 Å². The third-order valence-electron chi connectivity index (χ3n) is 1.74. The van der Waals surface area contributed by atoms with Crippen molar-refractivity contribution in [1.29, 1.82) is 0 Å². The zero-order valence-electron chi connectivity index (χ0n) is 7.61. The van der Waals surface area contributed by atoms with Gasteiger partial charge in [0.1, 0.15) is 0 Å². The van der Waals surface area contributed by atoms with Gasteiger partial charge in [-0.1, -0.05) is 24.3 Å². The number of hydrogen-bond acceptors (Lipinski definition) is 1. The smallest absolute Gasteiger partial charge is 0.0529 e. The van der Waals surface area contributed by atoms with Crippen molar-refractivity contribution in [2.75, 3.05) is 5.75 Å². The fourth-order valence-corrected chi connectivity index (χ4v) is 2.17. The lowest BCUT2D eigenvalue weighted by Crippen LogP contribution is -1.96. The quantitative estimate of drug-likeness (QED) is 0.520. The first-order valence-corrected chi connectivity index (χ1v) is 5.71. The predicted molar refractivity (Wildman–Crippen MR) is 57.1 cm³/mol. The lowest BCUT2D eigenvalue weighted by atomic mass is 10.3. The Labute approximate surface area is 81.9 Å². The molecule has 1 atom stereocenters. The van der Waals surface area contributed by atoms with Gasteiger partial charge in [-0.15, -0.1) is 6.58 Å². The molecule has 0 aromatic heterocycles. The van der Waals surface area contributed by atoms with Crippen LogP contribution < -0.4 is 0 Å². The summed E-state index contributed by atoms with van der Waals surface area (Å²) in [5.41, 5.74) is 0. The molecule has 70 valence electrons. The molecule has 0 aliphatic heterocycles. The normalized spacial score (nSPS) is 12.3. The third-order valence-corrected chi connectivity index (χ3v) is 3.20. The second-order valence-electron chi connectivity index (χ2n) is 2.79. The molecule has 0 heterocycles. The van der Waals surface area contributed by atoms with Gasteiger partial charge in [0.15, 0.2) is 0 Å². The summed E-state index contributed by atoms with van der Waals surface area (Å²) in [6.07, 6.45) is 3.76. The standard InChI is InChI=1S/C11H14OS/c1-2-3-7-10-13(12)11-8-5-4-6-9-11/h2,4-6,8-9H,1,3,7,10H2/t13-/m1/s1. The summed E-state index contributed by atoms with van der Waals surface area (Å²) in [5, 5.41) is 0. The average molecular weight is 194 g/mol. The van der Waals surface area contributed by atoms with Crippen molar-refractivity contribution in [3.05, 3.63) is 43.0 Å². The topological polar surface area (TPSA) is 17.1 Å². The van der Waals surface area contributed by atoms with Gasteiger partial charge in [-0.05, 0) is 25.0 Å². The molecule has 0 saturated carbocycles. The predicted octanol–water partition coefficient (Wildman–Crippen LogP) is 2.76. The minimum Gasteiger partial charge on any atom is -0.254 e. The monoisotopic (exact) mass is 194 g/mol. The summed E-state index contributed by atoms with van der Waals surface area (Å²) in [7, 11) is -0.833. The van der Waals surface area contributed by atoms with E-state index in [1.54, 1.807) is 0 Å². The second-order valence-corrected chi connectivity index (χ2v) is 4.36. The van der Waals surface area contributed by atoms with Gasteiger partial charge in [0.25, 0.3) is 0 Å². The van der Waals surface area contributed by atoms with E-state index in [1.165, 1.54) is 0 Å². The van der Waals surface area contributed by atoms with Gasteiger partial charge in [0.05, 0.1) is 10.8 Å². The van der Waals surface area contributed by atoms with Crippen molar-refractivity contribution >= 4 is 10.8 Å². The van der Waals surface area contributed by atoms with Gasteiger partial charge in [0, 0.05) is 10.6 Å². The maximum Gasteiger partial charge on any atom is 0.0529 e. The highest BCUT2D eigenvalue weighted by molar-refractivity contribution is 7.85. The van der Waals surface area contributed by atoms with Crippen LogP contribution in [0.5, 0.6) is 0 Å². The van der Waals surface area contributed by atoms with Crippen molar-refractivity contribution in [2.24, 2.45) is 0 Å². The number of benzene rings is 1. The third kappa shape index (κ3) is 3.55. The summed E-state index contributed by atoms with van der Waals surface area (Å²) in [6.45, 7) is 3.63. The van der Waals surface area contributed by atoms with Crippen molar-refractivity contribution in [2.45, 2.75) is 17.7 Å². The Hall–Kier alpha value is -0.890. The minimum absolute atomic E-state index is 0.732. The minimum atomic E-state index is -0.833. The maximum absolute atomic E-state index is 11.6. The molecule has 0 fully saturated rings. The first kappa shape index (κ1) is 10.2. The van der Waals surface area contributed by atoms with Crippen molar-refractivity contribution in [3.63, 3.8) is 0 Å². The molecule has 1 nitrogen and oxygen atoms in total. The highest BCUT2D eigenvalue weighted by Crippen LogP contribution is 2.07. The Morgan fingerprint density at radius 1 is 1.31 bits per heavy atom. The molecule has 0 bridgehead atoms. The van der Waals surface area contributed by atoms with Crippen LogP contribution in [-0.2, 0) is 10.8 Å². The summed E-state index contributed by atoms with van der Waals surface area (Å²) in [5.74, 6) is 0.732. The molecule has 0 aliphatic carbocycles. The van der Waals surface area contributed by atoms with Crippen molar-refractivity contribution in [1.82, 2.24) is 0 Å². The lowest BCUT2D eigenvalue weighted by molar-refractivity contribution is 0.680. The zero-order chi connectivity index (χ0) is 9.52. The van der Waals surface area contributed by atoms with E-state index >= 15 is 0 Å². The number of rotatable bonds is 5. The molecule has 0 radical (unpaired) electrons. The van der Waals surface area contributed by atoms with Crippen LogP contribution in [0.1, 0.15) is 12.8 Å². The van der Waals surface area contributed by atoms with E-state index in [0.717, 1.165) is 23.5 Å². The fraction of sp³-hybridized carbons (Fsp3) is 0.273. The molecule has 0 N–H and O–H groups in total. The van der Waals surface area contributed by atoms with Crippen LogP contribution in [0.25, 0.3) is 0 Å². The van der Waals surface area contributed by atoms with Crippen LogP contribution in [0.15, 0.2) is 47.9 Å². The highest BCUT2D eigenvalue weighted by Gasteiger charge is 2.00. The fourth-order valence-electron chi connectivity index (χ4n) is 1.05. The summed E-state index contributed by atoms with van der Waals surface area (Å²) >= 11 is 0. The second kappa shape index (κ2) is 5.70. The highest BCUT2D eigenvalue weighted by atomic mass is 32.2. The van der Waals surface area contributed by atoms with Gasteiger partial charge in [-0.2, -0.15) is 0 Å².